The van der Waals surface area contributed by atoms with E-state index in [1.165, 1.54) is 18.2 Å². The van der Waals surface area contributed by atoms with Gasteiger partial charge in [-0.05, 0) is 56.0 Å². The van der Waals surface area contributed by atoms with Gasteiger partial charge in [-0.2, -0.15) is 13.2 Å². The Bertz CT molecular complexity index is 1410. The van der Waals surface area contributed by atoms with Crippen molar-refractivity contribution in [1.82, 2.24) is 9.97 Å². The summed E-state index contributed by atoms with van der Waals surface area (Å²) in [4.78, 5) is 19.7. The second-order valence-corrected chi connectivity index (χ2v) is 11.1. The molecule has 0 amide bonds. The molecule has 0 spiro atoms. The maximum atomic E-state index is 13.7. The maximum Gasteiger partial charge on any atom is 0.418 e. The molecule has 3 aromatic rings. The van der Waals surface area contributed by atoms with E-state index in [0.717, 1.165) is 25.0 Å². The van der Waals surface area contributed by atoms with Crippen molar-refractivity contribution < 1.29 is 31.5 Å². The first-order valence-electron chi connectivity index (χ1n) is 11.8. The molecule has 0 radical (unpaired) electrons. The molecule has 2 aromatic heterocycles. The SMILES string of the molecule is Cc1ccccc1-c1nc(CS(=O)(=O)c2cccc(NC3CCCC(C(=O)O)C3)n2)ccc1C(F)(F)F. The van der Waals surface area contributed by atoms with Crippen LogP contribution in [0.1, 0.15) is 42.5 Å². The van der Waals surface area contributed by atoms with Gasteiger partial charge in [0.2, 0.25) is 9.84 Å². The van der Waals surface area contributed by atoms with E-state index in [1.807, 2.05) is 0 Å². The Balaban J connectivity index is 1.60. The van der Waals surface area contributed by atoms with Crippen molar-refractivity contribution in [1.29, 1.82) is 0 Å². The minimum atomic E-state index is -4.66. The predicted molar refractivity (Wildman–Crippen MR) is 132 cm³/mol. The Morgan fingerprint density at radius 1 is 1.05 bits per heavy atom. The largest absolute Gasteiger partial charge is 0.481 e. The summed E-state index contributed by atoms with van der Waals surface area (Å²) in [5.74, 6) is -1.67. The van der Waals surface area contributed by atoms with E-state index >= 15 is 0 Å². The number of sulfone groups is 1. The van der Waals surface area contributed by atoms with Crippen molar-refractivity contribution in [3.8, 4) is 11.3 Å². The van der Waals surface area contributed by atoms with Crippen molar-refractivity contribution in [2.24, 2.45) is 5.92 Å². The highest BCUT2D eigenvalue weighted by molar-refractivity contribution is 7.90. The normalized spacial score (nSPS) is 18.4. The summed E-state index contributed by atoms with van der Waals surface area (Å²) in [5, 5.41) is 12.2. The number of nitrogens with zero attached hydrogens (tertiary/aromatic N) is 2. The average Bonchev–Trinajstić information content (AvgIpc) is 2.84. The highest BCUT2D eigenvalue weighted by Crippen LogP contribution is 2.37. The third kappa shape index (κ3) is 6.27. The third-order valence-electron chi connectivity index (χ3n) is 6.41. The van der Waals surface area contributed by atoms with Gasteiger partial charge in [0.05, 0.1) is 28.6 Å². The van der Waals surface area contributed by atoms with E-state index in [-0.39, 0.29) is 33.8 Å². The molecule has 1 aromatic carbocycles. The smallest absolute Gasteiger partial charge is 0.418 e. The van der Waals surface area contributed by atoms with Crippen LogP contribution < -0.4 is 5.32 Å². The molecule has 37 heavy (non-hydrogen) atoms. The van der Waals surface area contributed by atoms with Crippen LogP contribution in [0.15, 0.2) is 59.6 Å². The van der Waals surface area contributed by atoms with E-state index in [2.05, 4.69) is 15.3 Å². The van der Waals surface area contributed by atoms with E-state index in [0.29, 0.717) is 18.4 Å². The highest BCUT2D eigenvalue weighted by Gasteiger charge is 2.35. The second-order valence-electron chi connectivity index (χ2n) is 9.17. The summed E-state index contributed by atoms with van der Waals surface area (Å²) < 4.78 is 67.4. The number of halogens is 3. The number of carboxylic acid groups (broad SMARTS) is 1. The number of hydrogen-bond donors (Lipinski definition) is 2. The molecule has 0 bridgehead atoms. The lowest BCUT2D eigenvalue weighted by Gasteiger charge is -2.27. The molecule has 2 unspecified atom stereocenters. The lowest BCUT2D eigenvalue weighted by atomic mass is 9.86. The van der Waals surface area contributed by atoms with Crippen LogP contribution in [0.2, 0.25) is 0 Å². The summed E-state index contributed by atoms with van der Waals surface area (Å²) in [7, 11) is -4.05. The van der Waals surface area contributed by atoms with Crippen molar-refractivity contribution in [2.75, 3.05) is 5.32 Å². The van der Waals surface area contributed by atoms with E-state index in [1.54, 1.807) is 31.2 Å². The van der Waals surface area contributed by atoms with E-state index in [4.69, 9.17) is 0 Å². The number of carboxylic acids is 1. The van der Waals surface area contributed by atoms with Gasteiger partial charge in [-0.15, -0.1) is 0 Å². The van der Waals surface area contributed by atoms with Gasteiger partial charge in [-0.3, -0.25) is 9.78 Å². The quantitative estimate of drug-likeness (QED) is 0.413. The molecular formula is C26H26F3N3O4S. The number of pyridine rings is 2. The maximum absolute atomic E-state index is 13.7. The Morgan fingerprint density at radius 2 is 1.81 bits per heavy atom. The second kappa shape index (κ2) is 10.5. The van der Waals surface area contributed by atoms with Crippen LogP contribution in [0.25, 0.3) is 11.3 Å². The Morgan fingerprint density at radius 3 is 2.51 bits per heavy atom. The molecular weight excluding hydrogens is 507 g/mol. The summed E-state index contributed by atoms with van der Waals surface area (Å²) >= 11 is 0. The molecule has 11 heteroatoms. The fourth-order valence-corrected chi connectivity index (χ4v) is 5.77. The zero-order valence-corrected chi connectivity index (χ0v) is 20.8. The van der Waals surface area contributed by atoms with Crippen molar-refractivity contribution in [3.05, 3.63) is 71.4 Å². The predicted octanol–water partition coefficient (Wildman–Crippen LogP) is 5.50. The number of hydrogen-bond acceptors (Lipinski definition) is 6. The summed E-state index contributed by atoms with van der Waals surface area (Å²) in [6.07, 6.45) is -2.19. The van der Waals surface area contributed by atoms with Crippen LogP contribution in [0.3, 0.4) is 0 Å². The minimum Gasteiger partial charge on any atom is -0.481 e. The first-order valence-corrected chi connectivity index (χ1v) is 13.4. The van der Waals surface area contributed by atoms with Crippen LogP contribution in [0, 0.1) is 12.8 Å². The van der Waals surface area contributed by atoms with E-state index in [9.17, 15) is 31.5 Å². The summed E-state index contributed by atoms with van der Waals surface area (Å²) in [5.41, 5.74) is -0.464. The average molecular weight is 534 g/mol. The number of rotatable bonds is 7. The minimum absolute atomic E-state index is 0.0389. The molecule has 196 valence electrons. The van der Waals surface area contributed by atoms with Crippen LogP contribution >= 0.6 is 0 Å². The van der Waals surface area contributed by atoms with Crippen LogP contribution in [-0.2, 0) is 26.6 Å². The number of aliphatic carboxylic acids is 1. The topological polar surface area (TPSA) is 109 Å². The van der Waals surface area contributed by atoms with Crippen molar-refractivity contribution in [3.63, 3.8) is 0 Å². The monoisotopic (exact) mass is 533 g/mol. The standard InChI is InChI=1S/C26H26F3N3O4S/c1-16-6-2-3-9-20(16)24-21(26(27,28)29)13-12-19(31-24)15-37(35,36)23-11-5-10-22(32-23)30-18-8-4-7-17(14-18)25(33)34/h2-3,5-6,9-13,17-18H,4,7-8,14-15H2,1H3,(H,30,32)(H,33,34). The Hall–Kier alpha value is -3.47. The van der Waals surface area contributed by atoms with Crippen molar-refractivity contribution in [2.45, 2.75) is 55.6 Å². The zero-order valence-electron chi connectivity index (χ0n) is 20.0. The molecule has 2 N–H and O–H groups in total. The number of carbonyl (C=O) groups is 1. The van der Waals surface area contributed by atoms with Gasteiger partial charge >= 0.3 is 12.1 Å². The number of alkyl halides is 3. The number of aryl methyl sites for hydroxylation is 1. The Labute approximate surface area is 212 Å². The van der Waals surface area contributed by atoms with Crippen LogP contribution in [-0.4, -0.2) is 35.5 Å². The molecule has 0 saturated heterocycles. The van der Waals surface area contributed by atoms with Crippen LogP contribution in [0.4, 0.5) is 19.0 Å². The van der Waals surface area contributed by atoms with Gasteiger partial charge in [-0.1, -0.05) is 36.8 Å². The molecule has 4 rings (SSSR count). The molecule has 1 aliphatic carbocycles. The van der Waals surface area contributed by atoms with Gasteiger partial charge in [0.1, 0.15) is 5.82 Å². The highest BCUT2D eigenvalue weighted by atomic mass is 32.2. The molecule has 1 aliphatic rings. The Kier molecular flexibility index (Phi) is 7.54. The van der Waals surface area contributed by atoms with E-state index < -0.39 is 39.2 Å². The number of anilines is 1. The summed E-state index contributed by atoms with van der Waals surface area (Å²) in [6.45, 7) is 1.66. The van der Waals surface area contributed by atoms with Gasteiger partial charge in [0.15, 0.2) is 5.03 Å². The van der Waals surface area contributed by atoms with Gasteiger partial charge < -0.3 is 10.4 Å². The summed E-state index contributed by atoms with van der Waals surface area (Å²) in [6, 6.07) is 12.7. The lowest BCUT2D eigenvalue weighted by Crippen LogP contribution is -2.31. The number of benzene rings is 1. The van der Waals surface area contributed by atoms with Gasteiger partial charge in [0.25, 0.3) is 0 Å². The molecule has 7 nitrogen and oxygen atoms in total. The van der Waals surface area contributed by atoms with Crippen LogP contribution in [0.5, 0.6) is 0 Å². The number of aromatic nitrogens is 2. The fourth-order valence-electron chi connectivity index (χ4n) is 4.54. The third-order valence-corrected chi connectivity index (χ3v) is 7.95. The fraction of sp³-hybridized carbons (Fsp3) is 0.346. The molecule has 0 aliphatic heterocycles. The lowest BCUT2D eigenvalue weighted by molar-refractivity contribution is -0.143. The van der Waals surface area contributed by atoms with Gasteiger partial charge in [-0.25, -0.2) is 13.4 Å². The number of nitrogens with one attached hydrogen (secondary N) is 1. The molecule has 2 heterocycles. The van der Waals surface area contributed by atoms with Crippen molar-refractivity contribution >= 4 is 21.6 Å². The molecule has 1 saturated carbocycles. The first kappa shape index (κ1) is 26.6. The van der Waals surface area contributed by atoms with Gasteiger partial charge in [0, 0.05) is 11.6 Å². The molecule has 1 fully saturated rings. The first-order chi connectivity index (χ1) is 17.4. The molecule has 2 atom stereocenters. The zero-order chi connectivity index (χ0) is 26.8.